The van der Waals surface area contributed by atoms with Crippen molar-refractivity contribution in [1.82, 2.24) is 4.57 Å². The second-order valence-electron chi connectivity index (χ2n) is 4.26. The highest BCUT2D eigenvalue weighted by Gasteiger charge is 2.10. The van der Waals surface area contributed by atoms with E-state index >= 15 is 0 Å². The standard InChI is InChI=1S/C15H12BrNO4/c16-12-6-4-11(5-7-12)13(18)10-21-15(20)9-17-8-2-1-3-14(17)19/h1-8H,9-10H2. The molecule has 0 unspecified atom stereocenters. The summed E-state index contributed by atoms with van der Waals surface area (Å²) in [5, 5.41) is 0. The fraction of sp³-hybridized carbons (Fsp3) is 0.133. The van der Waals surface area contributed by atoms with Gasteiger partial charge < -0.3 is 9.30 Å². The Hall–Kier alpha value is -2.21. The second-order valence-corrected chi connectivity index (χ2v) is 5.17. The van der Waals surface area contributed by atoms with Crippen molar-refractivity contribution in [3.63, 3.8) is 0 Å². The average molecular weight is 350 g/mol. The second kappa shape index (κ2) is 6.99. The van der Waals surface area contributed by atoms with Crippen LogP contribution < -0.4 is 5.56 Å². The van der Waals surface area contributed by atoms with Crippen molar-refractivity contribution in [3.05, 3.63) is 69.1 Å². The molecule has 0 saturated carbocycles. The minimum absolute atomic E-state index is 0.215. The first-order valence-electron chi connectivity index (χ1n) is 6.16. The van der Waals surface area contributed by atoms with Crippen molar-refractivity contribution in [2.24, 2.45) is 0 Å². The number of aromatic nitrogens is 1. The molecule has 0 saturated heterocycles. The molecule has 0 bridgehead atoms. The number of rotatable bonds is 5. The first kappa shape index (κ1) is 15.2. The van der Waals surface area contributed by atoms with E-state index in [1.54, 1.807) is 36.4 Å². The number of ether oxygens (including phenoxy) is 1. The number of nitrogens with zero attached hydrogens (tertiary/aromatic N) is 1. The van der Waals surface area contributed by atoms with Gasteiger partial charge in [-0.05, 0) is 18.2 Å². The molecule has 1 aromatic carbocycles. The van der Waals surface area contributed by atoms with Gasteiger partial charge >= 0.3 is 5.97 Å². The number of carbonyl (C=O) groups excluding carboxylic acids is 2. The molecule has 0 radical (unpaired) electrons. The summed E-state index contributed by atoms with van der Waals surface area (Å²) in [4.78, 5) is 34.9. The largest absolute Gasteiger partial charge is 0.456 e. The molecule has 0 atom stereocenters. The number of pyridine rings is 1. The van der Waals surface area contributed by atoms with Gasteiger partial charge in [-0.15, -0.1) is 0 Å². The molecule has 0 aliphatic heterocycles. The van der Waals surface area contributed by atoms with Crippen LogP contribution in [0.4, 0.5) is 0 Å². The van der Waals surface area contributed by atoms with E-state index < -0.39 is 5.97 Å². The van der Waals surface area contributed by atoms with E-state index in [1.807, 2.05) is 0 Å². The molecule has 0 amide bonds. The average Bonchev–Trinajstić information content (AvgIpc) is 2.48. The first-order chi connectivity index (χ1) is 10.1. The molecule has 0 aliphatic carbocycles. The summed E-state index contributed by atoms with van der Waals surface area (Å²) in [6.07, 6.45) is 1.49. The number of esters is 1. The lowest BCUT2D eigenvalue weighted by Gasteiger charge is -2.06. The van der Waals surface area contributed by atoms with Crippen molar-refractivity contribution in [2.75, 3.05) is 6.61 Å². The normalized spacial score (nSPS) is 10.1. The van der Waals surface area contributed by atoms with E-state index in [4.69, 9.17) is 4.74 Å². The van der Waals surface area contributed by atoms with E-state index in [0.717, 1.165) is 4.47 Å². The lowest BCUT2D eigenvalue weighted by molar-refractivity contribution is -0.143. The van der Waals surface area contributed by atoms with Crippen molar-refractivity contribution in [1.29, 1.82) is 0 Å². The van der Waals surface area contributed by atoms with Gasteiger partial charge in [0.2, 0.25) is 0 Å². The van der Waals surface area contributed by atoms with Crippen molar-refractivity contribution < 1.29 is 14.3 Å². The van der Waals surface area contributed by atoms with Crippen LogP contribution in [-0.2, 0) is 16.1 Å². The minimum atomic E-state index is -0.631. The highest BCUT2D eigenvalue weighted by Crippen LogP contribution is 2.11. The van der Waals surface area contributed by atoms with Crippen molar-refractivity contribution in [3.8, 4) is 0 Å². The van der Waals surface area contributed by atoms with Crippen LogP contribution in [0.1, 0.15) is 10.4 Å². The molecular weight excluding hydrogens is 338 g/mol. The summed E-state index contributed by atoms with van der Waals surface area (Å²) in [5.41, 5.74) is 0.163. The Morgan fingerprint density at radius 3 is 2.48 bits per heavy atom. The quantitative estimate of drug-likeness (QED) is 0.612. The predicted molar refractivity (Wildman–Crippen MR) is 80.1 cm³/mol. The Bertz CT molecular complexity index is 706. The molecule has 1 heterocycles. The molecule has 5 nitrogen and oxygen atoms in total. The molecule has 0 spiro atoms. The third-order valence-corrected chi connectivity index (χ3v) is 3.26. The highest BCUT2D eigenvalue weighted by atomic mass is 79.9. The predicted octanol–water partition coefficient (Wildman–Crippen LogP) is 2.04. The molecule has 6 heteroatoms. The Kier molecular flexibility index (Phi) is 5.05. The van der Waals surface area contributed by atoms with Gasteiger partial charge in [0.25, 0.3) is 5.56 Å². The first-order valence-corrected chi connectivity index (χ1v) is 6.95. The molecule has 0 aliphatic rings. The van der Waals surface area contributed by atoms with Crippen LogP contribution in [0.25, 0.3) is 0 Å². The van der Waals surface area contributed by atoms with Gasteiger partial charge in [0, 0.05) is 22.3 Å². The summed E-state index contributed by atoms with van der Waals surface area (Å²) >= 11 is 3.27. The summed E-state index contributed by atoms with van der Waals surface area (Å²) in [6, 6.07) is 11.3. The van der Waals surface area contributed by atoms with Crippen LogP contribution in [0.2, 0.25) is 0 Å². The molecular formula is C15H12BrNO4. The summed E-state index contributed by atoms with van der Waals surface area (Å²) in [6.45, 7) is -0.560. The van der Waals surface area contributed by atoms with Gasteiger partial charge in [-0.3, -0.25) is 14.4 Å². The van der Waals surface area contributed by atoms with Crippen LogP contribution in [0.3, 0.4) is 0 Å². The Balaban J connectivity index is 1.89. The van der Waals surface area contributed by atoms with E-state index in [0.29, 0.717) is 5.56 Å². The van der Waals surface area contributed by atoms with Gasteiger partial charge in [-0.25, -0.2) is 0 Å². The molecule has 2 rings (SSSR count). The Morgan fingerprint density at radius 2 is 1.81 bits per heavy atom. The van der Waals surface area contributed by atoms with Crippen LogP contribution in [-0.4, -0.2) is 22.9 Å². The summed E-state index contributed by atoms with van der Waals surface area (Å²) < 4.78 is 6.96. The molecule has 2 aromatic rings. The minimum Gasteiger partial charge on any atom is -0.456 e. The van der Waals surface area contributed by atoms with Gasteiger partial charge in [-0.2, -0.15) is 0 Å². The third kappa shape index (κ3) is 4.39. The van der Waals surface area contributed by atoms with Crippen LogP contribution in [0, 0.1) is 0 Å². The number of ketones is 1. The van der Waals surface area contributed by atoms with Crippen LogP contribution >= 0.6 is 15.9 Å². The van der Waals surface area contributed by atoms with E-state index in [2.05, 4.69) is 15.9 Å². The topological polar surface area (TPSA) is 65.4 Å². The number of benzene rings is 1. The van der Waals surface area contributed by atoms with Gasteiger partial charge in [-0.1, -0.05) is 34.1 Å². The fourth-order valence-corrected chi connectivity index (χ4v) is 1.91. The van der Waals surface area contributed by atoms with Crippen molar-refractivity contribution in [2.45, 2.75) is 6.54 Å². The van der Waals surface area contributed by atoms with Gasteiger partial charge in [0.05, 0.1) is 0 Å². The third-order valence-electron chi connectivity index (χ3n) is 2.73. The number of Topliss-reactive ketones (excluding diaryl/α,β-unsaturated/α-hetero) is 1. The Morgan fingerprint density at radius 1 is 1.10 bits per heavy atom. The number of hydrogen-bond donors (Lipinski definition) is 0. The zero-order valence-corrected chi connectivity index (χ0v) is 12.6. The zero-order valence-electron chi connectivity index (χ0n) is 11.0. The fourth-order valence-electron chi connectivity index (χ4n) is 1.64. The lowest BCUT2D eigenvalue weighted by atomic mass is 10.1. The summed E-state index contributed by atoms with van der Waals surface area (Å²) in [7, 11) is 0. The maximum Gasteiger partial charge on any atom is 0.326 e. The molecule has 0 N–H and O–H groups in total. The number of halogens is 1. The molecule has 1 aromatic heterocycles. The lowest BCUT2D eigenvalue weighted by Crippen LogP contribution is -2.25. The summed E-state index contributed by atoms with van der Waals surface area (Å²) in [5.74, 6) is -0.926. The smallest absolute Gasteiger partial charge is 0.326 e. The maximum atomic E-state index is 11.8. The molecule has 0 fully saturated rings. The van der Waals surface area contributed by atoms with Gasteiger partial charge in [0.15, 0.2) is 12.4 Å². The monoisotopic (exact) mass is 349 g/mol. The molecule has 108 valence electrons. The van der Waals surface area contributed by atoms with E-state index in [9.17, 15) is 14.4 Å². The van der Waals surface area contributed by atoms with Crippen LogP contribution in [0.5, 0.6) is 0 Å². The van der Waals surface area contributed by atoms with Crippen LogP contribution in [0.15, 0.2) is 57.9 Å². The number of carbonyl (C=O) groups is 2. The highest BCUT2D eigenvalue weighted by molar-refractivity contribution is 9.10. The van der Waals surface area contributed by atoms with Gasteiger partial charge in [0.1, 0.15) is 6.54 Å². The van der Waals surface area contributed by atoms with E-state index in [1.165, 1.54) is 16.8 Å². The Labute approximate surface area is 129 Å². The zero-order chi connectivity index (χ0) is 15.2. The molecule has 21 heavy (non-hydrogen) atoms. The number of hydrogen-bond acceptors (Lipinski definition) is 4. The maximum absolute atomic E-state index is 11.8. The SMILES string of the molecule is O=C(Cn1ccccc1=O)OCC(=O)c1ccc(Br)cc1. The van der Waals surface area contributed by atoms with Crippen molar-refractivity contribution >= 4 is 27.7 Å². The van der Waals surface area contributed by atoms with E-state index in [-0.39, 0.29) is 24.5 Å².